The Bertz CT molecular complexity index is 664. The van der Waals surface area contributed by atoms with Crippen molar-refractivity contribution in [3.63, 3.8) is 0 Å². The molecule has 1 aliphatic rings. The molecule has 6 nitrogen and oxygen atoms in total. The molecule has 1 unspecified atom stereocenters. The summed E-state index contributed by atoms with van der Waals surface area (Å²) in [6, 6.07) is 7.91. The van der Waals surface area contributed by atoms with Crippen LogP contribution < -0.4 is 10.6 Å². The van der Waals surface area contributed by atoms with Crippen LogP contribution in [-0.4, -0.2) is 40.0 Å². The van der Waals surface area contributed by atoms with Gasteiger partial charge in [0.25, 0.3) is 5.91 Å². The first-order valence-corrected chi connectivity index (χ1v) is 8.71. The molecule has 1 fully saturated rings. The zero-order valence-electron chi connectivity index (χ0n) is 12.8. The maximum absolute atomic E-state index is 12.4. The molecular formula is C16H20BrN5O. The molecule has 0 bridgehead atoms. The van der Waals surface area contributed by atoms with Gasteiger partial charge in [-0.2, -0.15) is 0 Å². The van der Waals surface area contributed by atoms with Gasteiger partial charge < -0.3 is 10.6 Å². The number of benzene rings is 1. The number of hydrogen-bond donors (Lipinski definition) is 2. The number of aromatic nitrogens is 3. The van der Waals surface area contributed by atoms with Crippen LogP contribution >= 0.6 is 15.9 Å². The minimum atomic E-state index is -0.156. The van der Waals surface area contributed by atoms with Gasteiger partial charge in [0.2, 0.25) is 0 Å². The largest absolute Gasteiger partial charge is 0.348 e. The van der Waals surface area contributed by atoms with Crippen molar-refractivity contribution in [2.75, 3.05) is 13.1 Å². The molecule has 1 aromatic carbocycles. The SMILES string of the molecule is O=C(NC1CCCCNCC1)c1cn(-c2cccc(Br)c2)nn1. The van der Waals surface area contributed by atoms with Crippen LogP contribution in [0, 0.1) is 0 Å². The second kappa shape index (κ2) is 7.70. The van der Waals surface area contributed by atoms with Crippen molar-refractivity contribution in [2.24, 2.45) is 0 Å². The van der Waals surface area contributed by atoms with Gasteiger partial charge in [0.05, 0.1) is 11.9 Å². The minimum absolute atomic E-state index is 0.156. The summed E-state index contributed by atoms with van der Waals surface area (Å²) in [6.45, 7) is 2.01. The highest BCUT2D eigenvalue weighted by Crippen LogP contribution is 2.15. The van der Waals surface area contributed by atoms with Gasteiger partial charge in [-0.3, -0.25) is 4.79 Å². The van der Waals surface area contributed by atoms with E-state index in [9.17, 15) is 4.79 Å². The summed E-state index contributed by atoms with van der Waals surface area (Å²) >= 11 is 3.43. The van der Waals surface area contributed by atoms with Crippen LogP contribution in [-0.2, 0) is 0 Å². The van der Waals surface area contributed by atoms with Crippen molar-refractivity contribution >= 4 is 21.8 Å². The van der Waals surface area contributed by atoms with E-state index in [1.165, 1.54) is 0 Å². The van der Waals surface area contributed by atoms with Crippen LogP contribution in [0.5, 0.6) is 0 Å². The van der Waals surface area contributed by atoms with Crippen molar-refractivity contribution in [2.45, 2.75) is 31.7 Å². The Morgan fingerprint density at radius 1 is 1.30 bits per heavy atom. The Labute approximate surface area is 143 Å². The second-order valence-electron chi connectivity index (χ2n) is 5.73. The van der Waals surface area contributed by atoms with E-state index < -0.39 is 0 Å². The van der Waals surface area contributed by atoms with Gasteiger partial charge in [0, 0.05) is 10.5 Å². The molecule has 1 aromatic heterocycles. The predicted molar refractivity (Wildman–Crippen MR) is 91.7 cm³/mol. The van der Waals surface area contributed by atoms with Crippen LogP contribution in [0.4, 0.5) is 0 Å². The van der Waals surface area contributed by atoms with Crippen LogP contribution in [0.25, 0.3) is 5.69 Å². The second-order valence-corrected chi connectivity index (χ2v) is 6.65. The normalized spacial score (nSPS) is 18.9. The highest BCUT2D eigenvalue weighted by atomic mass is 79.9. The molecule has 2 aromatic rings. The molecule has 0 spiro atoms. The molecule has 0 radical (unpaired) electrons. The molecule has 1 saturated heterocycles. The van der Waals surface area contributed by atoms with E-state index in [0.29, 0.717) is 5.69 Å². The average Bonchev–Trinajstić information content (AvgIpc) is 3.00. The van der Waals surface area contributed by atoms with Crippen LogP contribution in [0.15, 0.2) is 34.9 Å². The maximum atomic E-state index is 12.4. The van der Waals surface area contributed by atoms with Gasteiger partial charge in [-0.15, -0.1) is 5.10 Å². The van der Waals surface area contributed by atoms with Crippen LogP contribution in [0.2, 0.25) is 0 Å². The third-order valence-electron chi connectivity index (χ3n) is 3.96. The summed E-state index contributed by atoms with van der Waals surface area (Å²) in [6.07, 6.45) is 5.92. The first-order valence-electron chi connectivity index (χ1n) is 7.92. The standard InChI is InChI=1S/C16H20BrN5O/c17-12-4-3-6-14(10-12)22-11-15(20-21-22)16(23)19-13-5-1-2-8-18-9-7-13/h3-4,6,10-11,13,18H,1-2,5,7-9H2,(H,19,23). The summed E-state index contributed by atoms with van der Waals surface area (Å²) in [7, 11) is 0. The molecule has 0 aliphatic carbocycles. The Hall–Kier alpha value is -1.73. The molecule has 3 rings (SSSR count). The Morgan fingerprint density at radius 2 is 2.22 bits per heavy atom. The molecule has 2 heterocycles. The van der Waals surface area contributed by atoms with Gasteiger partial charge in [-0.25, -0.2) is 4.68 Å². The molecule has 122 valence electrons. The quantitative estimate of drug-likeness (QED) is 0.860. The van der Waals surface area contributed by atoms with Gasteiger partial charge in [-0.1, -0.05) is 33.6 Å². The summed E-state index contributed by atoms with van der Waals surface area (Å²) in [5.41, 5.74) is 1.21. The Balaban J connectivity index is 1.66. The lowest BCUT2D eigenvalue weighted by Gasteiger charge is -2.20. The zero-order chi connectivity index (χ0) is 16.1. The topological polar surface area (TPSA) is 71.8 Å². The fourth-order valence-corrected chi connectivity index (χ4v) is 3.09. The number of rotatable bonds is 3. The first-order chi connectivity index (χ1) is 11.2. The van der Waals surface area contributed by atoms with Crippen molar-refractivity contribution in [3.05, 3.63) is 40.6 Å². The number of hydrogen-bond acceptors (Lipinski definition) is 4. The lowest BCUT2D eigenvalue weighted by atomic mass is 10.0. The zero-order valence-corrected chi connectivity index (χ0v) is 14.4. The smallest absolute Gasteiger partial charge is 0.273 e. The van der Waals surface area contributed by atoms with E-state index in [-0.39, 0.29) is 11.9 Å². The molecule has 0 saturated carbocycles. The molecule has 2 N–H and O–H groups in total. The number of halogens is 1. The average molecular weight is 378 g/mol. The van der Waals surface area contributed by atoms with Gasteiger partial charge in [-0.05, 0) is 50.6 Å². The fraction of sp³-hybridized carbons (Fsp3) is 0.438. The maximum Gasteiger partial charge on any atom is 0.273 e. The van der Waals surface area contributed by atoms with Crippen LogP contribution in [0.3, 0.4) is 0 Å². The van der Waals surface area contributed by atoms with E-state index >= 15 is 0 Å². The molecule has 7 heteroatoms. The predicted octanol–water partition coefficient (Wildman–Crippen LogP) is 2.29. The lowest BCUT2D eigenvalue weighted by Crippen LogP contribution is -2.38. The fourth-order valence-electron chi connectivity index (χ4n) is 2.70. The summed E-state index contributed by atoms with van der Waals surface area (Å²) in [5.74, 6) is -0.156. The van der Waals surface area contributed by atoms with Gasteiger partial charge in [0.15, 0.2) is 5.69 Å². The van der Waals surface area contributed by atoms with Crippen molar-refractivity contribution in [1.82, 2.24) is 25.6 Å². The van der Waals surface area contributed by atoms with Gasteiger partial charge >= 0.3 is 0 Å². The monoisotopic (exact) mass is 377 g/mol. The highest BCUT2D eigenvalue weighted by molar-refractivity contribution is 9.10. The third-order valence-corrected chi connectivity index (χ3v) is 4.45. The lowest BCUT2D eigenvalue weighted by molar-refractivity contribution is 0.0926. The van der Waals surface area contributed by atoms with Crippen molar-refractivity contribution < 1.29 is 4.79 Å². The Kier molecular flexibility index (Phi) is 5.40. The molecule has 23 heavy (non-hydrogen) atoms. The number of carbonyl (C=O) groups excluding carboxylic acids is 1. The van der Waals surface area contributed by atoms with E-state index in [2.05, 4.69) is 36.9 Å². The number of amides is 1. The van der Waals surface area contributed by atoms with E-state index in [0.717, 1.165) is 48.9 Å². The molecule has 1 amide bonds. The molecule has 1 aliphatic heterocycles. The molecular weight excluding hydrogens is 358 g/mol. The summed E-state index contributed by atoms with van der Waals surface area (Å²) in [4.78, 5) is 12.4. The van der Waals surface area contributed by atoms with Crippen molar-refractivity contribution in [1.29, 1.82) is 0 Å². The van der Waals surface area contributed by atoms with E-state index in [1.807, 2.05) is 24.3 Å². The van der Waals surface area contributed by atoms with Crippen LogP contribution in [0.1, 0.15) is 36.2 Å². The summed E-state index contributed by atoms with van der Waals surface area (Å²) < 4.78 is 2.57. The number of nitrogens with zero attached hydrogens (tertiary/aromatic N) is 3. The van der Waals surface area contributed by atoms with Gasteiger partial charge in [0.1, 0.15) is 0 Å². The first kappa shape index (κ1) is 16.1. The van der Waals surface area contributed by atoms with E-state index in [1.54, 1.807) is 10.9 Å². The number of nitrogens with one attached hydrogen (secondary N) is 2. The van der Waals surface area contributed by atoms with E-state index in [4.69, 9.17) is 0 Å². The third kappa shape index (κ3) is 4.39. The highest BCUT2D eigenvalue weighted by Gasteiger charge is 2.17. The number of carbonyl (C=O) groups is 1. The summed E-state index contributed by atoms with van der Waals surface area (Å²) in [5, 5.41) is 14.5. The van der Waals surface area contributed by atoms with Crippen molar-refractivity contribution in [3.8, 4) is 5.69 Å². The Morgan fingerprint density at radius 3 is 3.09 bits per heavy atom. The minimum Gasteiger partial charge on any atom is -0.348 e. The molecule has 1 atom stereocenters.